The molecule has 0 aliphatic heterocycles. The van der Waals surface area contributed by atoms with E-state index >= 15 is 0 Å². The van der Waals surface area contributed by atoms with Crippen LogP contribution in [0.5, 0.6) is 0 Å². The summed E-state index contributed by atoms with van der Waals surface area (Å²) in [5.74, 6) is 0.542. The van der Waals surface area contributed by atoms with Crippen molar-refractivity contribution in [3.8, 4) is 11.5 Å². The first-order valence-corrected chi connectivity index (χ1v) is 9.53. The molecule has 8 heteroatoms. The van der Waals surface area contributed by atoms with Crippen LogP contribution >= 0.6 is 0 Å². The molecule has 0 saturated heterocycles. The zero-order valence-electron chi connectivity index (χ0n) is 18.0. The molecular weight excluding hydrogens is 392 g/mol. The average Bonchev–Trinajstić information content (AvgIpc) is 3.26. The van der Waals surface area contributed by atoms with E-state index in [9.17, 15) is 4.79 Å². The van der Waals surface area contributed by atoms with Gasteiger partial charge in [-0.2, -0.15) is 0 Å². The molecule has 2 aromatic carbocycles. The zero-order chi connectivity index (χ0) is 22.5. The predicted octanol–water partition coefficient (Wildman–Crippen LogP) is 3.19. The van der Waals surface area contributed by atoms with Crippen molar-refractivity contribution in [1.29, 1.82) is 0 Å². The number of aliphatic imine (C=N–C) groups is 2. The van der Waals surface area contributed by atoms with Crippen LogP contribution in [0, 0.1) is 6.92 Å². The minimum Gasteiger partial charge on any atom is -0.414 e. The summed E-state index contributed by atoms with van der Waals surface area (Å²) in [5, 5.41) is 8.19. The molecule has 1 heterocycles. The third-order valence-electron chi connectivity index (χ3n) is 4.53. The molecule has 0 fully saturated rings. The lowest BCUT2D eigenvalue weighted by Gasteiger charge is -2.10. The van der Waals surface area contributed by atoms with E-state index in [1.54, 1.807) is 45.4 Å². The number of hydrogen-bond acceptors (Lipinski definition) is 6. The molecule has 0 atom stereocenters. The lowest BCUT2D eigenvalue weighted by atomic mass is 10.1. The van der Waals surface area contributed by atoms with Crippen LogP contribution in [0.3, 0.4) is 0 Å². The highest BCUT2D eigenvalue weighted by Gasteiger charge is 2.18. The Morgan fingerprint density at radius 2 is 1.65 bits per heavy atom. The fourth-order valence-electron chi connectivity index (χ4n) is 2.72. The minimum atomic E-state index is -0.0850. The quantitative estimate of drug-likeness (QED) is 0.490. The van der Waals surface area contributed by atoms with Crippen LogP contribution in [0.1, 0.15) is 27.4 Å². The SMILES string of the molecule is C=C(N=C(C(N)=NC)c1nnc(-c2ccc(C)cc2)o1)c1ccc(C(=O)N(C)C)cc1. The molecule has 0 bridgehead atoms. The molecule has 158 valence electrons. The number of amides is 1. The Morgan fingerprint density at radius 3 is 2.23 bits per heavy atom. The maximum Gasteiger partial charge on any atom is 0.270 e. The lowest BCUT2D eigenvalue weighted by Crippen LogP contribution is -2.25. The summed E-state index contributed by atoms with van der Waals surface area (Å²) in [7, 11) is 4.95. The van der Waals surface area contributed by atoms with Gasteiger partial charge in [0.1, 0.15) is 5.84 Å². The normalized spacial score (nSPS) is 12.0. The molecule has 0 spiro atoms. The number of aryl methyl sites for hydroxylation is 1. The van der Waals surface area contributed by atoms with E-state index in [0.717, 1.165) is 16.7 Å². The van der Waals surface area contributed by atoms with Gasteiger partial charge in [-0.15, -0.1) is 10.2 Å². The topological polar surface area (TPSA) is 110 Å². The number of nitrogens with two attached hydrogens (primary N) is 1. The molecule has 0 saturated carbocycles. The number of aromatic nitrogens is 2. The summed E-state index contributed by atoms with van der Waals surface area (Å²) < 4.78 is 5.80. The largest absolute Gasteiger partial charge is 0.414 e. The number of rotatable bonds is 6. The van der Waals surface area contributed by atoms with Crippen molar-refractivity contribution in [3.63, 3.8) is 0 Å². The first-order chi connectivity index (χ1) is 14.8. The van der Waals surface area contributed by atoms with E-state index in [1.807, 2.05) is 31.2 Å². The van der Waals surface area contributed by atoms with Crippen LogP contribution in [0.4, 0.5) is 0 Å². The second-order valence-electron chi connectivity index (χ2n) is 7.07. The molecule has 0 radical (unpaired) electrons. The van der Waals surface area contributed by atoms with E-state index in [4.69, 9.17) is 10.2 Å². The summed E-state index contributed by atoms with van der Waals surface area (Å²) in [4.78, 5) is 22.1. The Bertz CT molecular complexity index is 1160. The summed E-state index contributed by atoms with van der Waals surface area (Å²) in [6, 6.07) is 14.7. The molecule has 31 heavy (non-hydrogen) atoms. The van der Waals surface area contributed by atoms with E-state index in [2.05, 4.69) is 26.8 Å². The number of hydrogen-bond donors (Lipinski definition) is 1. The Kier molecular flexibility index (Phi) is 6.40. The van der Waals surface area contributed by atoms with Crippen molar-refractivity contribution in [3.05, 3.63) is 77.7 Å². The molecule has 8 nitrogen and oxygen atoms in total. The van der Waals surface area contributed by atoms with Crippen LogP contribution in [0.2, 0.25) is 0 Å². The Morgan fingerprint density at radius 1 is 1.03 bits per heavy atom. The van der Waals surface area contributed by atoms with Crippen LogP contribution < -0.4 is 5.73 Å². The fourth-order valence-corrected chi connectivity index (χ4v) is 2.72. The molecule has 0 aliphatic carbocycles. The van der Waals surface area contributed by atoms with Crippen molar-refractivity contribution < 1.29 is 9.21 Å². The van der Waals surface area contributed by atoms with E-state index < -0.39 is 0 Å². The molecule has 3 rings (SSSR count). The number of carbonyl (C=O) groups excluding carboxylic acids is 1. The van der Waals surface area contributed by atoms with E-state index in [1.165, 1.54) is 4.90 Å². The van der Waals surface area contributed by atoms with Crippen LogP contribution in [0.15, 0.2) is 69.5 Å². The Hall–Kier alpha value is -4.07. The zero-order valence-corrected chi connectivity index (χ0v) is 18.0. The lowest BCUT2D eigenvalue weighted by molar-refractivity contribution is 0.0827. The standard InChI is InChI=1S/C23H24N6O2/c1-14-6-8-17(9-7-14)21-27-28-22(31-21)19(20(24)25-3)26-15(2)16-10-12-18(13-11-16)23(30)29(4)5/h6-13H,2H2,1,3-5H3,(H2,24,25). The third-order valence-corrected chi connectivity index (χ3v) is 4.53. The van der Waals surface area contributed by atoms with Crippen LogP contribution in [-0.2, 0) is 0 Å². The van der Waals surface area contributed by atoms with Crippen LogP contribution in [0.25, 0.3) is 17.2 Å². The number of nitrogens with zero attached hydrogens (tertiary/aromatic N) is 5. The summed E-state index contributed by atoms with van der Waals surface area (Å²) >= 11 is 0. The highest BCUT2D eigenvalue weighted by atomic mass is 16.4. The molecule has 0 aliphatic rings. The highest BCUT2D eigenvalue weighted by molar-refractivity contribution is 6.46. The fraction of sp³-hybridized carbons (Fsp3) is 0.174. The van der Waals surface area contributed by atoms with Gasteiger partial charge in [0.2, 0.25) is 5.89 Å². The molecular formula is C23H24N6O2. The molecule has 2 N–H and O–H groups in total. The van der Waals surface area contributed by atoms with E-state index in [0.29, 0.717) is 17.2 Å². The van der Waals surface area contributed by atoms with Crippen molar-refractivity contribution in [2.75, 3.05) is 21.1 Å². The van der Waals surface area contributed by atoms with Gasteiger partial charge in [-0.25, -0.2) is 4.99 Å². The maximum atomic E-state index is 12.1. The van der Waals surface area contributed by atoms with Gasteiger partial charge >= 0.3 is 0 Å². The average molecular weight is 416 g/mol. The smallest absolute Gasteiger partial charge is 0.270 e. The van der Waals surface area contributed by atoms with Crippen molar-refractivity contribution >= 4 is 23.2 Å². The summed E-state index contributed by atoms with van der Waals surface area (Å²) in [6.07, 6.45) is 0. The van der Waals surface area contributed by atoms with Gasteiger partial charge in [-0.3, -0.25) is 9.79 Å². The number of amidine groups is 1. The van der Waals surface area contributed by atoms with Crippen LogP contribution in [-0.4, -0.2) is 53.7 Å². The number of benzene rings is 2. The molecule has 1 amide bonds. The molecule has 0 unspecified atom stereocenters. The second-order valence-corrected chi connectivity index (χ2v) is 7.07. The van der Waals surface area contributed by atoms with Gasteiger partial charge in [0, 0.05) is 32.3 Å². The van der Waals surface area contributed by atoms with Gasteiger partial charge in [0.05, 0.1) is 5.70 Å². The van der Waals surface area contributed by atoms with Gasteiger partial charge < -0.3 is 15.1 Å². The third kappa shape index (κ3) is 4.92. The molecule has 1 aromatic heterocycles. The monoisotopic (exact) mass is 416 g/mol. The maximum absolute atomic E-state index is 12.1. The van der Waals surface area contributed by atoms with Gasteiger partial charge in [-0.1, -0.05) is 36.4 Å². The summed E-state index contributed by atoms with van der Waals surface area (Å²) in [6.45, 7) is 6.01. The highest BCUT2D eigenvalue weighted by Crippen LogP contribution is 2.21. The molecule has 3 aromatic rings. The van der Waals surface area contributed by atoms with E-state index in [-0.39, 0.29) is 23.3 Å². The van der Waals surface area contributed by atoms with Gasteiger partial charge in [0.25, 0.3) is 11.8 Å². The minimum absolute atomic E-state index is 0.0850. The Balaban J connectivity index is 1.92. The Labute approximate surface area is 180 Å². The van der Waals surface area contributed by atoms with Gasteiger partial charge in [0.15, 0.2) is 5.71 Å². The van der Waals surface area contributed by atoms with Crippen molar-refractivity contribution in [2.24, 2.45) is 15.7 Å². The van der Waals surface area contributed by atoms with Gasteiger partial charge in [-0.05, 0) is 36.8 Å². The number of carbonyl (C=O) groups is 1. The first kappa shape index (κ1) is 21.6. The summed E-state index contributed by atoms with van der Waals surface area (Å²) in [5.41, 5.74) is 9.89. The van der Waals surface area contributed by atoms with Crippen molar-refractivity contribution in [1.82, 2.24) is 15.1 Å². The first-order valence-electron chi connectivity index (χ1n) is 9.53. The second kappa shape index (κ2) is 9.17. The predicted molar refractivity (Wildman–Crippen MR) is 122 cm³/mol. The van der Waals surface area contributed by atoms with Crippen molar-refractivity contribution in [2.45, 2.75) is 6.92 Å².